The van der Waals surface area contributed by atoms with Gasteiger partial charge in [0.1, 0.15) is 5.82 Å². The zero-order valence-corrected chi connectivity index (χ0v) is 20.0. The quantitative estimate of drug-likeness (QED) is 0.308. The molecule has 0 radical (unpaired) electrons. The van der Waals surface area contributed by atoms with Crippen LogP contribution < -0.4 is 0 Å². The van der Waals surface area contributed by atoms with Crippen molar-refractivity contribution in [3.05, 3.63) is 83.8 Å². The van der Waals surface area contributed by atoms with Crippen LogP contribution in [0.1, 0.15) is 43.9 Å². The van der Waals surface area contributed by atoms with Gasteiger partial charge in [-0.25, -0.2) is 13.9 Å². The zero-order chi connectivity index (χ0) is 25.8. The van der Waals surface area contributed by atoms with Gasteiger partial charge in [-0.2, -0.15) is 5.10 Å². The lowest BCUT2D eigenvalue weighted by Gasteiger charge is -2.17. The van der Waals surface area contributed by atoms with Crippen molar-refractivity contribution in [2.45, 2.75) is 44.8 Å². The number of hydrogen-bond donors (Lipinski definition) is 3. The Balaban J connectivity index is 1.88. The summed E-state index contributed by atoms with van der Waals surface area (Å²) in [5, 5.41) is 34.0. The van der Waals surface area contributed by atoms with Crippen LogP contribution in [0.4, 0.5) is 4.39 Å². The van der Waals surface area contributed by atoms with E-state index in [0.717, 1.165) is 17.0 Å². The molecule has 0 aliphatic rings. The van der Waals surface area contributed by atoms with Crippen molar-refractivity contribution < 1.29 is 24.5 Å². The molecule has 2 heterocycles. The van der Waals surface area contributed by atoms with Crippen molar-refractivity contribution in [1.29, 1.82) is 0 Å². The molecule has 36 heavy (non-hydrogen) atoms. The topological polar surface area (TPSA) is 108 Å². The van der Waals surface area contributed by atoms with Crippen molar-refractivity contribution in [2.24, 2.45) is 0 Å². The Morgan fingerprint density at radius 2 is 1.75 bits per heavy atom. The van der Waals surface area contributed by atoms with Crippen molar-refractivity contribution >= 4 is 17.7 Å². The fraction of sp³-hybridized carbons (Fsp3) is 0.250. The van der Waals surface area contributed by atoms with E-state index in [-0.39, 0.29) is 18.2 Å². The second kappa shape index (κ2) is 10.8. The first kappa shape index (κ1) is 25.2. The van der Waals surface area contributed by atoms with E-state index in [4.69, 9.17) is 15.2 Å². The molecule has 3 N–H and O–H groups in total. The third-order valence-corrected chi connectivity index (χ3v) is 5.81. The predicted molar refractivity (Wildman–Crippen MR) is 136 cm³/mol. The molecule has 0 fully saturated rings. The molecule has 186 valence electrons. The van der Waals surface area contributed by atoms with Gasteiger partial charge < -0.3 is 15.3 Å². The Bertz CT molecular complexity index is 1380. The van der Waals surface area contributed by atoms with Crippen LogP contribution in [0.2, 0.25) is 0 Å². The van der Waals surface area contributed by atoms with E-state index in [1.54, 1.807) is 22.7 Å². The Morgan fingerprint density at radius 3 is 2.39 bits per heavy atom. The number of fused-ring (bicyclic) bond motifs is 1. The predicted octanol–water partition coefficient (Wildman–Crippen LogP) is 4.93. The van der Waals surface area contributed by atoms with Crippen molar-refractivity contribution in [1.82, 2.24) is 14.6 Å². The number of carboxylic acids is 1. The number of halogens is 1. The first-order valence-electron chi connectivity index (χ1n) is 11.7. The van der Waals surface area contributed by atoms with Crippen LogP contribution in [0, 0.1) is 5.82 Å². The van der Waals surface area contributed by atoms with Gasteiger partial charge in [-0.3, -0.25) is 4.79 Å². The molecule has 4 aromatic rings. The van der Waals surface area contributed by atoms with E-state index in [9.17, 15) is 19.4 Å². The maximum atomic E-state index is 13.8. The number of aliphatic hydroxyl groups is 2. The lowest BCUT2D eigenvalue weighted by atomic mass is 9.97. The summed E-state index contributed by atoms with van der Waals surface area (Å²) in [6.07, 6.45) is 0.390. The average molecular weight is 490 g/mol. The average Bonchev–Trinajstić information content (AvgIpc) is 3.26. The molecular formula is C28H28FN3O4. The number of aromatic nitrogens is 3. The number of aliphatic hydroxyl groups excluding tert-OH is 2. The summed E-state index contributed by atoms with van der Waals surface area (Å²) in [4.78, 5) is 15.7. The van der Waals surface area contributed by atoms with Crippen LogP contribution in [-0.2, 0) is 4.79 Å². The van der Waals surface area contributed by atoms with Gasteiger partial charge in [0.05, 0.1) is 35.7 Å². The first-order valence-corrected chi connectivity index (χ1v) is 11.7. The van der Waals surface area contributed by atoms with Gasteiger partial charge >= 0.3 is 5.97 Å². The van der Waals surface area contributed by atoms with Gasteiger partial charge in [0.2, 0.25) is 0 Å². The highest BCUT2D eigenvalue weighted by molar-refractivity contribution is 5.77. The molecule has 0 spiro atoms. The highest BCUT2D eigenvalue weighted by Gasteiger charge is 2.20. The second-order valence-corrected chi connectivity index (χ2v) is 9.00. The summed E-state index contributed by atoms with van der Waals surface area (Å²) in [5.74, 6) is -1.49. The molecule has 2 aromatic heterocycles. The van der Waals surface area contributed by atoms with Crippen LogP contribution in [-0.4, -0.2) is 48.1 Å². The molecule has 8 heteroatoms. The maximum absolute atomic E-state index is 13.8. The largest absolute Gasteiger partial charge is 0.481 e. The maximum Gasteiger partial charge on any atom is 0.305 e. The summed E-state index contributed by atoms with van der Waals surface area (Å²) >= 11 is 0. The monoisotopic (exact) mass is 489 g/mol. The molecule has 7 nitrogen and oxygen atoms in total. The Morgan fingerprint density at radius 1 is 1.06 bits per heavy atom. The van der Waals surface area contributed by atoms with Gasteiger partial charge in [0, 0.05) is 29.2 Å². The van der Waals surface area contributed by atoms with E-state index >= 15 is 0 Å². The summed E-state index contributed by atoms with van der Waals surface area (Å²) in [6, 6.07) is 17.7. The minimum Gasteiger partial charge on any atom is -0.481 e. The van der Waals surface area contributed by atoms with E-state index in [2.05, 4.69) is 0 Å². The Hall–Kier alpha value is -3.88. The molecule has 0 saturated carbocycles. The van der Waals surface area contributed by atoms with Crippen LogP contribution >= 0.6 is 0 Å². The van der Waals surface area contributed by atoms with E-state index in [1.165, 1.54) is 18.2 Å². The lowest BCUT2D eigenvalue weighted by molar-refractivity contribution is -0.139. The summed E-state index contributed by atoms with van der Waals surface area (Å²) < 4.78 is 15.5. The van der Waals surface area contributed by atoms with E-state index in [0.29, 0.717) is 22.5 Å². The third-order valence-electron chi connectivity index (χ3n) is 5.81. The fourth-order valence-electron chi connectivity index (χ4n) is 4.12. The SMILES string of the molecule is CC(C)c1nc2cc(-c3ccccc3)nn2c(-c2ccc(F)cc2)c1/C=C/C(O)CC(O)CC(=O)O. The van der Waals surface area contributed by atoms with Gasteiger partial charge in [-0.15, -0.1) is 0 Å². The third kappa shape index (κ3) is 5.67. The standard InChI is InChI=1S/C28H28FN3O4/c1-17(2)27-23(13-12-21(33)14-22(34)15-26(35)36)28(19-8-10-20(29)11-9-19)32-25(30-27)16-24(31-32)18-6-4-3-5-7-18/h3-13,16-17,21-22,33-34H,14-15H2,1-2H3,(H,35,36)/b13-12+. The molecule has 2 aromatic carbocycles. The van der Waals surface area contributed by atoms with Crippen molar-refractivity contribution in [3.63, 3.8) is 0 Å². The lowest BCUT2D eigenvalue weighted by Crippen LogP contribution is -2.19. The van der Waals surface area contributed by atoms with Crippen molar-refractivity contribution in [2.75, 3.05) is 0 Å². The summed E-state index contributed by atoms with van der Waals surface area (Å²) in [7, 11) is 0. The summed E-state index contributed by atoms with van der Waals surface area (Å²) in [6.45, 7) is 4.01. The van der Waals surface area contributed by atoms with Gasteiger partial charge in [-0.05, 0) is 30.2 Å². The summed E-state index contributed by atoms with van der Waals surface area (Å²) in [5.41, 5.74) is 5.15. The first-order chi connectivity index (χ1) is 17.2. The number of aliphatic carboxylic acids is 1. The van der Waals surface area contributed by atoms with Crippen LogP contribution in [0.3, 0.4) is 0 Å². The van der Waals surface area contributed by atoms with E-state index in [1.807, 2.05) is 50.2 Å². The molecule has 0 aliphatic carbocycles. The number of hydrogen-bond acceptors (Lipinski definition) is 5. The van der Waals surface area contributed by atoms with Crippen LogP contribution in [0.25, 0.3) is 34.2 Å². The Labute approximate surface area is 208 Å². The highest BCUT2D eigenvalue weighted by Crippen LogP contribution is 2.33. The molecule has 0 bridgehead atoms. The normalized spacial score (nSPS) is 13.5. The van der Waals surface area contributed by atoms with Gasteiger partial charge in [-0.1, -0.05) is 56.3 Å². The molecule has 4 rings (SSSR count). The smallest absolute Gasteiger partial charge is 0.305 e. The number of rotatable bonds is 9. The highest BCUT2D eigenvalue weighted by atomic mass is 19.1. The molecular weight excluding hydrogens is 461 g/mol. The second-order valence-electron chi connectivity index (χ2n) is 9.00. The molecule has 2 unspecified atom stereocenters. The Kier molecular flexibility index (Phi) is 7.57. The molecule has 0 amide bonds. The number of carbonyl (C=O) groups is 1. The van der Waals surface area contributed by atoms with Crippen molar-refractivity contribution in [3.8, 4) is 22.5 Å². The number of nitrogens with zero attached hydrogens (tertiary/aromatic N) is 3. The van der Waals surface area contributed by atoms with Crippen LogP contribution in [0.15, 0.2) is 66.7 Å². The minimum atomic E-state index is -1.18. The zero-order valence-electron chi connectivity index (χ0n) is 20.0. The number of benzene rings is 2. The number of carboxylic acid groups (broad SMARTS) is 1. The van der Waals surface area contributed by atoms with Gasteiger partial charge in [0.15, 0.2) is 5.65 Å². The van der Waals surface area contributed by atoms with Crippen LogP contribution in [0.5, 0.6) is 0 Å². The molecule has 0 saturated heterocycles. The fourth-order valence-corrected chi connectivity index (χ4v) is 4.12. The molecule has 0 aliphatic heterocycles. The molecule has 2 atom stereocenters. The van der Waals surface area contributed by atoms with Gasteiger partial charge in [0.25, 0.3) is 0 Å². The minimum absolute atomic E-state index is 0.0127. The van der Waals surface area contributed by atoms with E-state index < -0.39 is 24.6 Å².